The molecule has 2 aromatic rings. The molecule has 2 aromatic carbocycles. The summed E-state index contributed by atoms with van der Waals surface area (Å²) in [7, 11) is 4.31. The number of hydrogen-bond acceptors (Lipinski definition) is 1. The standard InChI is InChI=1S/C19H27N/c1-15(2)17(13-8-14-20(3)4)19-12-7-10-16-9-5-6-11-18(16)19/h5-7,9-12,15,17H,8,13-14H2,1-4H3. The minimum absolute atomic E-state index is 0.654. The van der Waals surface area contributed by atoms with Crippen molar-refractivity contribution in [1.29, 1.82) is 0 Å². The summed E-state index contributed by atoms with van der Waals surface area (Å²) < 4.78 is 0. The molecule has 1 heteroatoms. The molecule has 0 aliphatic carbocycles. The van der Waals surface area contributed by atoms with Crippen molar-refractivity contribution < 1.29 is 0 Å². The first kappa shape index (κ1) is 15.1. The van der Waals surface area contributed by atoms with E-state index in [1.165, 1.54) is 35.7 Å². The monoisotopic (exact) mass is 269 g/mol. The lowest BCUT2D eigenvalue weighted by atomic mass is 9.82. The molecule has 0 saturated heterocycles. The van der Waals surface area contributed by atoms with Crippen LogP contribution in [0, 0.1) is 5.92 Å². The van der Waals surface area contributed by atoms with Gasteiger partial charge in [-0.2, -0.15) is 0 Å². The number of fused-ring (bicyclic) bond motifs is 1. The van der Waals surface area contributed by atoms with Crippen LogP contribution in [-0.2, 0) is 0 Å². The van der Waals surface area contributed by atoms with E-state index in [0.29, 0.717) is 11.8 Å². The molecule has 0 fully saturated rings. The lowest BCUT2D eigenvalue weighted by molar-refractivity contribution is 0.367. The molecule has 0 bridgehead atoms. The van der Waals surface area contributed by atoms with Crippen molar-refractivity contribution in [3.63, 3.8) is 0 Å². The van der Waals surface area contributed by atoms with E-state index >= 15 is 0 Å². The maximum absolute atomic E-state index is 2.35. The zero-order valence-corrected chi connectivity index (χ0v) is 13.3. The molecule has 108 valence electrons. The summed E-state index contributed by atoms with van der Waals surface area (Å²) in [6.07, 6.45) is 2.53. The fourth-order valence-corrected chi connectivity index (χ4v) is 3.05. The van der Waals surface area contributed by atoms with Gasteiger partial charge in [-0.15, -0.1) is 0 Å². The van der Waals surface area contributed by atoms with Gasteiger partial charge in [-0.3, -0.25) is 0 Å². The Morgan fingerprint density at radius 3 is 2.35 bits per heavy atom. The van der Waals surface area contributed by atoms with Gasteiger partial charge < -0.3 is 4.90 Å². The Morgan fingerprint density at radius 1 is 0.950 bits per heavy atom. The van der Waals surface area contributed by atoms with Gasteiger partial charge in [-0.25, -0.2) is 0 Å². The lowest BCUT2D eigenvalue weighted by Crippen LogP contribution is -2.15. The highest BCUT2D eigenvalue weighted by Gasteiger charge is 2.17. The van der Waals surface area contributed by atoms with Crippen molar-refractivity contribution in [2.75, 3.05) is 20.6 Å². The van der Waals surface area contributed by atoms with Crippen LogP contribution in [0.5, 0.6) is 0 Å². The Morgan fingerprint density at radius 2 is 1.65 bits per heavy atom. The quantitative estimate of drug-likeness (QED) is 0.719. The summed E-state index contributed by atoms with van der Waals surface area (Å²) in [5, 5.41) is 2.79. The van der Waals surface area contributed by atoms with Gasteiger partial charge in [0, 0.05) is 0 Å². The fourth-order valence-electron chi connectivity index (χ4n) is 3.05. The summed E-state index contributed by atoms with van der Waals surface area (Å²) in [6, 6.07) is 15.5. The number of hydrogen-bond donors (Lipinski definition) is 0. The van der Waals surface area contributed by atoms with Crippen molar-refractivity contribution >= 4 is 10.8 Å². The fraction of sp³-hybridized carbons (Fsp3) is 0.474. The van der Waals surface area contributed by atoms with Crippen molar-refractivity contribution in [3.8, 4) is 0 Å². The average molecular weight is 269 g/mol. The summed E-state index contributed by atoms with van der Waals surface area (Å²) in [6.45, 7) is 5.87. The SMILES string of the molecule is CC(C)C(CCCN(C)C)c1cccc2ccccc12. The Kier molecular flexibility index (Phi) is 5.19. The number of nitrogens with zero attached hydrogens (tertiary/aromatic N) is 1. The van der Waals surface area contributed by atoms with Crippen molar-refractivity contribution in [2.45, 2.75) is 32.6 Å². The van der Waals surface area contributed by atoms with Crippen LogP contribution < -0.4 is 0 Å². The molecular weight excluding hydrogens is 242 g/mol. The van der Waals surface area contributed by atoms with Crippen LogP contribution in [0.25, 0.3) is 10.8 Å². The van der Waals surface area contributed by atoms with E-state index in [1.54, 1.807) is 0 Å². The zero-order chi connectivity index (χ0) is 14.5. The van der Waals surface area contributed by atoms with E-state index in [-0.39, 0.29) is 0 Å². The predicted octanol–water partition coefficient (Wildman–Crippen LogP) is 4.92. The molecule has 0 amide bonds. The van der Waals surface area contributed by atoms with Gasteiger partial charge in [0.1, 0.15) is 0 Å². The predicted molar refractivity (Wildman–Crippen MR) is 89.3 cm³/mol. The summed E-state index contributed by atoms with van der Waals surface area (Å²) in [4.78, 5) is 2.28. The van der Waals surface area contributed by atoms with Crippen LogP contribution >= 0.6 is 0 Å². The molecule has 0 N–H and O–H groups in total. The van der Waals surface area contributed by atoms with Gasteiger partial charge in [0.15, 0.2) is 0 Å². The van der Waals surface area contributed by atoms with Crippen LogP contribution in [0.4, 0.5) is 0 Å². The van der Waals surface area contributed by atoms with E-state index < -0.39 is 0 Å². The van der Waals surface area contributed by atoms with Crippen LogP contribution in [0.3, 0.4) is 0 Å². The molecular formula is C19H27N. The van der Waals surface area contributed by atoms with Gasteiger partial charge in [0.2, 0.25) is 0 Å². The highest BCUT2D eigenvalue weighted by molar-refractivity contribution is 5.86. The van der Waals surface area contributed by atoms with Crippen LogP contribution in [0.2, 0.25) is 0 Å². The molecule has 20 heavy (non-hydrogen) atoms. The molecule has 1 atom stereocenters. The average Bonchev–Trinajstić information content (AvgIpc) is 2.42. The lowest BCUT2D eigenvalue weighted by Gasteiger charge is -2.24. The maximum Gasteiger partial charge on any atom is -0.00246 e. The Bertz CT molecular complexity index is 537. The summed E-state index contributed by atoms with van der Waals surface area (Å²) >= 11 is 0. The highest BCUT2D eigenvalue weighted by atomic mass is 15.0. The highest BCUT2D eigenvalue weighted by Crippen LogP contribution is 2.34. The molecule has 2 rings (SSSR count). The summed E-state index contributed by atoms with van der Waals surface area (Å²) in [5.74, 6) is 1.34. The largest absolute Gasteiger partial charge is 0.309 e. The molecule has 0 aliphatic heterocycles. The van der Waals surface area contributed by atoms with E-state index in [9.17, 15) is 0 Å². The zero-order valence-electron chi connectivity index (χ0n) is 13.3. The van der Waals surface area contributed by atoms with Crippen molar-refractivity contribution in [3.05, 3.63) is 48.0 Å². The number of rotatable bonds is 6. The Hall–Kier alpha value is -1.34. The van der Waals surface area contributed by atoms with Gasteiger partial charge in [-0.05, 0) is 61.7 Å². The molecule has 0 spiro atoms. The van der Waals surface area contributed by atoms with Crippen LogP contribution in [0.1, 0.15) is 38.2 Å². The third-order valence-electron chi connectivity index (χ3n) is 4.15. The van der Waals surface area contributed by atoms with Crippen LogP contribution in [-0.4, -0.2) is 25.5 Å². The van der Waals surface area contributed by atoms with Gasteiger partial charge >= 0.3 is 0 Å². The maximum atomic E-state index is 2.35. The molecule has 1 nitrogen and oxygen atoms in total. The smallest absolute Gasteiger partial charge is 0.00246 e. The normalized spacial score (nSPS) is 13.3. The first-order valence-electron chi connectivity index (χ1n) is 7.72. The topological polar surface area (TPSA) is 3.24 Å². The molecule has 0 heterocycles. The van der Waals surface area contributed by atoms with E-state index in [4.69, 9.17) is 0 Å². The van der Waals surface area contributed by atoms with Gasteiger partial charge in [-0.1, -0.05) is 56.3 Å². The molecule has 0 aromatic heterocycles. The molecule has 0 radical (unpaired) electrons. The molecule has 0 aliphatic rings. The second-order valence-electron chi connectivity index (χ2n) is 6.36. The van der Waals surface area contributed by atoms with Crippen molar-refractivity contribution in [1.82, 2.24) is 4.90 Å². The first-order chi connectivity index (χ1) is 9.59. The Balaban J connectivity index is 2.27. The Labute approximate surface area is 123 Å². The van der Waals surface area contributed by atoms with E-state index in [0.717, 1.165) is 0 Å². The number of benzene rings is 2. The molecule has 0 saturated carbocycles. The summed E-state index contributed by atoms with van der Waals surface area (Å²) in [5.41, 5.74) is 1.52. The first-order valence-corrected chi connectivity index (χ1v) is 7.72. The third-order valence-corrected chi connectivity index (χ3v) is 4.15. The van der Waals surface area contributed by atoms with Crippen LogP contribution in [0.15, 0.2) is 42.5 Å². The second-order valence-corrected chi connectivity index (χ2v) is 6.36. The minimum atomic E-state index is 0.654. The van der Waals surface area contributed by atoms with Gasteiger partial charge in [0.05, 0.1) is 0 Å². The van der Waals surface area contributed by atoms with E-state index in [2.05, 4.69) is 75.3 Å². The second kappa shape index (κ2) is 6.90. The minimum Gasteiger partial charge on any atom is -0.309 e. The third kappa shape index (κ3) is 3.61. The molecule has 1 unspecified atom stereocenters. The van der Waals surface area contributed by atoms with Gasteiger partial charge in [0.25, 0.3) is 0 Å². The van der Waals surface area contributed by atoms with E-state index in [1.807, 2.05) is 0 Å². The van der Waals surface area contributed by atoms with Crippen molar-refractivity contribution in [2.24, 2.45) is 5.92 Å².